The van der Waals surface area contributed by atoms with Crippen molar-refractivity contribution in [2.45, 2.75) is 19.1 Å². The van der Waals surface area contributed by atoms with Crippen molar-refractivity contribution in [3.05, 3.63) is 12.3 Å². The van der Waals surface area contributed by atoms with Gasteiger partial charge in [0.25, 0.3) is 0 Å². The summed E-state index contributed by atoms with van der Waals surface area (Å²) in [5.41, 5.74) is 3.27. The predicted molar refractivity (Wildman–Crippen MR) is 38.0 cm³/mol. The van der Waals surface area contributed by atoms with Crippen molar-refractivity contribution < 1.29 is 4.74 Å². The zero-order chi connectivity index (χ0) is 6.81. The molecule has 56 valence electrons. The molecule has 0 radical (unpaired) electrons. The van der Waals surface area contributed by atoms with Crippen LogP contribution in [0.4, 0.5) is 0 Å². The van der Waals surface area contributed by atoms with E-state index in [9.17, 15) is 0 Å². The second-order valence-corrected chi connectivity index (χ2v) is 2.65. The van der Waals surface area contributed by atoms with Gasteiger partial charge in [-0.05, 0) is 12.5 Å². The van der Waals surface area contributed by atoms with Crippen molar-refractivity contribution in [2.24, 2.45) is 0 Å². The fourth-order valence-electron chi connectivity index (χ4n) is 1.37. The van der Waals surface area contributed by atoms with Crippen molar-refractivity contribution in [1.82, 2.24) is 10.4 Å². The second-order valence-electron chi connectivity index (χ2n) is 2.65. The molecule has 0 aromatic heterocycles. The Bertz CT molecular complexity index is 133. The third kappa shape index (κ3) is 1.02. The van der Waals surface area contributed by atoms with Crippen molar-refractivity contribution in [3.8, 4) is 0 Å². The lowest BCUT2D eigenvalue weighted by Gasteiger charge is -2.21. The minimum Gasteiger partial charge on any atom is -0.481 e. The number of rotatable bonds is 1. The van der Waals surface area contributed by atoms with E-state index in [0.717, 1.165) is 19.5 Å². The van der Waals surface area contributed by atoms with Crippen molar-refractivity contribution in [3.63, 3.8) is 0 Å². The Kier molecular flexibility index (Phi) is 1.61. The molecule has 0 spiro atoms. The van der Waals surface area contributed by atoms with Crippen molar-refractivity contribution in [2.75, 3.05) is 13.1 Å². The molecule has 1 N–H and O–H groups in total. The lowest BCUT2D eigenvalue weighted by molar-refractivity contribution is -0.00492. The fourth-order valence-corrected chi connectivity index (χ4v) is 1.37. The van der Waals surface area contributed by atoms with Crippen LogP contribution in [0.2, 0.25) is 0 Å². The summed E-state index contributed by atoms with van der Waals surface area (Å²) in [5.74, 6) is 0. The summed E-state index contributed by atoms with van der Waals surface area (Å²) >= 11 is 0. The molecule has 0 aromatic carbocycles. The largest absolute Gasteiger partial charge is 0.481 e. The van der Waals surface area contributed by atoms with E-state index < -0.39 is 0 Å². The molecule has 3 nitrogen and oxygen atoms in total. The summed E-state index contributed by atoms with van der Waals surface area (Å²) in [6, 6.07) is 0. The van der Waals surface area contributed by atoms with Crippen molar-refractivity contribution in [1.29, 1.82) is 0 Å². The van der Waals surface area contributed by atoms with Gasteiger partial charge in [-0.1, -0.05) is 0 Å². The maximum absolute atomic E-state index is 5.32. The highest BCUT2D eigenvalue weighted by molar-refractivity contribution is 4.86. The SMILES string of the molecule is C1=COC(N2CCCN2)C1. The van der Waals surface area contributed by atoms with Crippen LogP contribution in [0.3, 0.4) is 0 Å². The topological polar surface area (TPSA) is 24.5 Å². The molecule has 0 aromatic rings. The number of nitrogens with zero attached hydrogens (tertiary/aromatic N) is 1. The minimum absolute atomic E-state index is 0.266. The molecular weight excluding hydrogens is 128 g/mol. The highest BCUT2D eigenvalue weighted by Gasteiger charge is 2.22. The van der Waals surface area contributed by atoms with Crippen LogP contribution < -0.4 is 5.43 Å². The first-order valence-corrected chi connectivity index (χ1v) is 3.77. The Labute approximate surface area is 60.6 Å². The molecule has 3 heteroatoms. The van der Waals surface area contributed by atoms with Gasteiger partial charge in [0.1, 0.15) is 0 Å². The van der Waals surface area contributed by atoms with Crippen LogP contribution in [0.15, 0.2) is 12.3 Å². The highest BCUT2D eigenvalue weighted by atomic mass is 16.5. The lowest BCUT2D eigenvalue weighted by Crippen LogP contribution is -2.39. The van der Waals surface area contributed by atoms with Crippen LogP contribution in [0.1, 0.15) is 12.8 Å². The van der Waals surface area contributed by atoms with E-state index in [0.29, 0.717) is 0 Å². The first-order valence-electron chi connectivity index (χ1n) is 3.77. The van der Waals surface area contributed by atoms with Crippen LogP contribution in [0, 0.1) is 0 Å². The Balaban J connectivity index is 1.87. The van der Waals surface area contributed by atoms with Gasteiger partial charge >= 0.3 is 0 Å². The lowest BCUT2D eigenvalue weighted by atomic mass is 10.4. The molecular formula is C7H12N2O. The molecule has 0 amide bonds. The average Bonchev–Trinajstić information content (AvgIpc) is 2.59. The van der Waals surface area contributed by atoms with Crippen LogP contribution in [-0.4, -0.2) is 24.3 Å². The summed E-state index contributed by atoms with van der Waals surface area (Å²) in [6.07, 6.45) is 6.37. The van der Waals surface area contributed by atoms with Crippen LogP contribution in [-0.2, 0) is 4.74 Å². The summed E-state index contributed by atoms with van der Waals surface area (Å²) < 4.78 is 5.32. The van der Waals surface area contributed by atoms with Gasteiger partial charge in [0.15, 0.2) is 6.23 Å². The number of hydrogen-bond donors (Lipinski definition) is 1. The normalized spacial score (nSPS) is 33.0. The van der Waals surface area contributed by atoms with Crippen LogP contribution in [0.25, 0.3) is 0 Å². The molecule has 0 saturated carbocycles. The minimum atomic E-state index is 0.266. The zero-order valence-electron chi connectivity index (χ0n) is 5.92. The standard InChI is InChI=1S/C7H12N2O/c1-3-7(10-6-1)9-5-2-4-8-9/h1,6-8H,2-5H2. The average molecular weight is 140 g/mol. The summed E-state index contributed by atoms with van der Waals surface area (Å²) in [7, 11) is 0. The van der Waals surface area contributed by atoms with Crippen LogP contribution in [0.5, 0.6) is 0 Å². The third-order valence-electron chi connectivity index (χ3n) is 1.91. The Morgan fingerprint density at radius 1 is 1.60 bits per heavy atom. The van der Waals surface area contributed by atoms with Crippen molar-refractivity contribution >= 4 is 0 Å². The highest BCUT2D eigenvalue weighted by Crippen LogP contribution is 2.14. The quantitative estimate of drug-likeness (QED) is 0.572. The molecule has 1 atom stereocenters. The van der Waals surface area contributed by atoms with Gasteiger partial charge in [0, 0.05) is 19.5 Å². The van der Waals surface area contributed by atoms with E-state index >= 15 is 0 Å². The molecule has 1 fully saturated rings. The zero-order valence-corrected chi connectivity index (χ0v) is 5.92. The number of hydrazine groups is 1. The smallest absolute Gasteiger partial charge is 0.167 e. The van der Waals surface area contributed by atoms with E-state index in [1.54, 1.807) is 6.26 Å². The number of ether oxygens (including phenoxy) is 1. The Morgan fingerprint density at radius 2 is 2.60 bits per heavy atom. The van der Waals surface area contributed by atoms with E-state index in [1.165, 1.54) is 6.42 Å². The third-order valence-corrected chi connectivity index (χ3v) is 1.91. The molecule has 0 bridgehead atoms. The summed E-state index contributed by atoms with van der Waals surface area (Å²) in [4.78, 5) is 0. The Morgan fingerprint density at radius 3 is 3.20 bits per heavy atom. The molecule has 10 heavy (non-hydrogen) atoms. The van der Waals surface area contributed by atoms with Gasteiger partial charge in [-0.2, -0.15) is 0 Å². The first kappa shape index (κ1) is 6.19. The summed E-state index contributed by atoms with van der Waals surface area (Å²) in [6.45, 7) is 2.21. The van der Waals surface area contributed by atoms with Crippen LogP contribution >= 0.6 is 0 Å². The van der Waals surface area contributed by atoms with E-state index in [1.807, 2.05) is 0 Å². The maximum Gasteiger partial charge on any atom is 0.167 e. The molecule has 1 saturated heterocycles. The maximum atomic E-state index is 5.32. The van der Waals surface area contributed by atoms with Gasteiger partial charge in [-0.15, -0.1) is 0 Å². The second kappa shape index (κ2) is 2.60. The van der Waals surface area contributed by atoms with E-state index in [2.05, 4.69) is 16.5 Å². The molecule has 2 aliphatic rings. The molecule has 1 unspecified atom stereocenters. The van der Waals surface area contributed by atoms with Gasteiger partial charge in [-0.3, -0.25) is 5.43 Å². The fraction of sp³-hybridized carbons (Fsp3) is 0.714. The van der Waals surface area contributed by atoms with Gasteiger partial charge in [-0.25, -0.2) is 5.01 Å². The number of hydrogen-bond acceptors (Lipinski definition) is 3. The predicted octanol–water partition coefficient (Wildman–Crippen LogP) is 0.457. The van der Waals surface area contributed by atoms with Gasteiger partial charge in [0.05, 0.1) is 6.26 Å². The van der Waals surface area contributed by atoms with E-state index in [-0.39, 0.29) is 6.23 Å². The van der Waals surface area contributed by atoms with E-state index in [4.69, 9.17) is 4.74 Å². The Hall–Kier alpha value is -0.540. The molecule has 2 aliphatic heterocycles. The molecule has 2 heterocycles. The monoisotopic (exact) mass is 140 g/mol. The summed E-state index contributed by atoms with van der Waals surface area (Å²) in [5, 5.41) is 2.17. The number of nitrogens with one attached hydrogen (secondary N) is 1. The molecule has 0 aliphatic carbocycles. The van der Waals surface area contributed by atoms with Gasteiger partial charge < -0.3 is 4.74 Å². The first-order chi connectivity index (χ1) is 4.97. The van der Waals surface area contributed by atoms with Gasteiger partial charge in [0.2, 0.25) is 0 Å². The molecule has 2 rings (SSSR count).